The topological polar surface area (TPSA) is 68.5 Å². The molecule has 7 heteroatoms. The molecule has 0 saturated carbocycles. The Labute approximate surface area is 153 Å². The first kappa shape index (κ1) is 17.9. The molecule has 0 aliphatic heterocycles. The van der Waals surface area contributed by atoms with Crippen LogP contribution in [0.25, 0.3) is 11.0 Å². The fourth-order valence-corrected chi connectivity index (χ4v) is 2.59. The summed E-state index contributed by atoms with van der Waals surface area (Å²) in [6.07, 6.45) is 0. The largest absolute Gasteiger partial charge is 0.459 e. The highest BCUT2D eigenvalue weighted by Gasteiger charge is 2.18. The third-order valence-corrected chi connectivity index (χ3v) is 3.97. The van der Waals surface area contributed by atoms with E-state index >= 15 is 0 Å². The summed E-state index contributed by atoms with van der Waals surface area (Å²) in [5, 5.41) is 3.75. The molecule has 26 heavy (non-hydrogen) atoms. The monoisotopic (exact) mass is 375 g/mol. The summed E-state index contributed by atoms with van der Waals surface area (Å²) in [5.41, 5.74) is 0.431. The van der Waals surface area contributed by atoms with Crippen LogP contribution in [0.4, 0.5) is 4.39 Å². The molecule has 134 valence electrons. The van der Waals surface area contributed by atoms with Crippen LogP contribution in [-0.2, 0) is 9.53 Å². The molecule has 0 saturated heterocycles. The first-order valence-electron chi connectivity index (χ1n) is 7.84. The first-order chi connectivity index (χ1) is 12.4. The van der Waals surface area contributed by atoms with Crippen LogP contribution in [0.3, 0.4) is 0 Å². The second-order valence-corrected chi connectivity index (χ2v) is 6.11. The van der Waals surface area contributed by atoms with Crippen LogP contribution in [0.5, 0.6) is 0 Å². The zero-order valence-corrected chi connectivity index (χ0v) is 14.5. The molecule has 0 radical (unpaired) electrons. The number of ether oxygens (including phenoxy) is 1. The van der Waals surface area contributed by atoms with E-state index in [-0.39, 0.29) is 10.6 Å². The highest BCUT2D eigenvalue weighted by Crippen LogP contribution is 2.23. The molecule has 1 heterocycles. The number of para-hydroxylation sites is 1. The van der Waals surface area contributed by atoms with Crippen LogP contribution in [0.2, 0.25) is 5.02 Å². The van der Waals surface area contributed by atoms with Gasteiger partial charge in [-0.05, 0) is 37.3 Å². The summed E-state index contributed by atoms with van der Waals surface area (Å²) in [5.74, 6) is -1.69. The van der Waals surface area contributed by atoms with Crippen molar-refractivity contribution in [3.8, 4) is 0 Å². The normalized spacial score (nSPS) is 12.0. The van der Waals surface area contributed by atoms with Crippen molar-refractivity contribution in [3.63, 3.8) is 0 Å². The van der Waals surface area contributed by atoms with Gasteiger partial charge in [-0.25, -0.2) is 9.18 Å². The van der Waals surface area contributed by atoms with Gasteiger partial charge in [0.05, 0.1) is 11.6 Å². The fraction of sp³-hybridized carbons (Fsp3) is 0.158. The number of benzene rings is 2. The summed E-state index contributed by atoms with van der Waals surface area (Å²) >= 11 is 5.63. The van der Waals surface area contributed by atoms with Gasteiger partial charge in [0.25, 0.3) is 5.91 Å². The van der Waals surface area contributed by atoms with Crippen molar-refractivity contribution in [2.24, 2.45) is 0 Å². The molecule has 0 bridgehead atoms. The highest BCUT2D eigenvalue weighted by molar-refractivity contribution is 6.30. The number of fused-ring (bicyclic) bond motifs is 1. The zero-order valence-electron chi connectivity index (χ0n) is 13.8. The second-order valence-electron chi connectivity index (χ2n) is 5.68. The average Bonchev–Trinajstić information content (AvgIpc) is 3.04. The van der Waals surface area contributed by atoms with Gasteiger partial charge in [-0.1, -0.05) is 29.8 Å². The van der Waals surface area contributed by atoms with Crippen molar-refractivity contribution in [1.82, 2.24) is 5.32 Å². The maximum Gasteiger partial charge on any atom is 0.341 e. The standard InChI is InChI=1S/C19H15ClFNO4/c1-11(17-8-12-4-2-3-5-16(12)26-17)22-18(23)10-25-19(24)14-7-6-13(20)9-15(14)21/h2-9,11H,10H2,1H3,(H,22,23)/t11-/m0/s1. The molecule has 0 unspecified atom stereocenters. The van der Waals surface area contributed by atoms with Crippen LogP contribution < -0.4 is 5.32 Å². The van der Waals surface area contributed by atoms with E-state index in [2.05, 4.69) is 5.32 Å². The Morgan fingerprint density at radius 2 is 2.00 bits per heavy atom. The van der Waals surface area contributed by atoms with Gasteiger partial charge < -0.3 is 14.5 Å². The van der Waals surface area contributed by atoms with Gasteiger partial charge in [0, 0.05) is 10.4 Å². The van der Waals surface area contributed by atoms with Gasteiger partial charge in [0.2, 0.25) is 0 Å². The Kier molecular flexibility index (Phi) is 5.23. The predicted molar refractivity (Wildman–Crippen MR) is 94.5 cm³/mol. The lowest BCUT2D eigenvalue weighted by molar-refractivity contribution is -0.125. The summed E-state index contributed by atoms with van der Waals surface area (Å²) in [4.78, 5) is 23.8. The van der Waals surface area contributed by atoms with Crippen molar-refractivity contribution >= 4 is 34.4 Å². The van der Waals surface area contributed by atoms with E-state index in [1.54, 1.807) is 6.92 Å². The van der Waals surface area contributed by atoms with E-state index in [9.17, 15) is 14.0 Å². The number of esters is 1. The fourth-order valence-electron chi connectivity index (χ4n) is 2.43. The van der Waals surface area contributed by atoms with Crippen LogP contribution in [0, 0.1) is 5.82 Å². The summed E-state index contributed by atoms with van der Waals surface area (Å²) in [6.45, 7) is 1.21. The Morgan fingerprint density at radius 3 is 2.73 bits per heavy atom. The number of amides is 1. The number of carbonyl (C=O) groups is 2. The second kappa shape index (κ2) is 7.58. The third-order valence-electron chi connectivity index (χ3n) is 3.73. The Morgan fingerprint density at radius 1 is 1.23 bits per heavy atom. The molecular weight excluding hydrogens is 361 g/mol. The molecular formula is C19H15ClFNO4. The van der Waals surface area contributed by atoms with Crippen molar-refractivity contribution in [3.05, 3.63) is 70.7 Å². The van der Waals surface area contributed by atoms with Crippen molar-refractivity contribution < 1.29 is 23.1 Å². The van der Waals surface area contributed by atoms with E-state index in [0.29, 0.717) is 11.3 Å². The lowest BCUT2D eigenvalue weighted by Gasteiger charge is -2.11. The zero-order chi connectivity index (χ0) is 18.7. The molecule has 1 amide bonds. The molecule has 1 aromatic heterocycles. The van der Waals surface area contributed by atoms with E-state index in [1.807, 2.05) is 30.3 Å². The van der Waals surface area contributed by atoms with Gasteiger partial charge in [0.1, 0.15) is 17.2 Å². The first-order valence-corrected chi connectivity index (χ1v) is 8.22. The van der Waals surface area contributed by atoms with Gasteiger partial charge in [-0.3, -0.25) is 4.79 Å². The van der Waals surface area contributed by atoms with Crippen LogP contribution in [0.1, 0.15) is 29.1 Å². The highest BCUT2D eigenvalue weighted by atomic mass is 35.5. The minimum absolute atomic E-state index is 0.163. The minimum atomic E-state index is -0.939. The molecule has 0 aliphatic rings. The van der Waals surface area contributed by atoms with E-state index in [4.69, 9.17) is 20.8 Å². The maximum absolute atomic E-state index is 13.7. The molecule has 3 aromatic rings. The van der Waals surface area contributed by atoms with E-state index in [1.165, 1.54) is 12.1 Å². The van der Waals surface area contributed by atoms with E-state index in [0.717, 1.165) is 11.5 Å². The van der Waals surface area contributed by atoms with Gasteiger partial charge in [-0.2, -0.15) is 0 Å². The SMILES string of the molecule is C[C@H](NC(=O)COC(=O)c1ccc(Cl)cc1F)c1cc2ccccc2o1. The number of hydrogen-bond acceptors (Lipinski definition) is 4. The molecule has 5 nitrogen and oxygen atoms in total. The van der Waals surface area contributed by atoms with Crippen LogP contribution in [-0.4, -0.2) is 18.5 Å². The molecule has 3 rings (SSSR count). The molecule has 0 spiro atoms. The van der Waals surface area contributed by atoms with Crippen LogP contribution >= 0.6 is 11.6 Å². The summed E-state index contributed by atoms with van der Waals surface area (Å²) < 4.78 is 24.2. The van der Waals surface area contributed by atoms with Crippen molar-refractivity contribution in [2.45, 2.75) is 13.0 Å². The van der Waals surface area contributed by atoms with Crippen LogP contribution in [0.15, 0.2) is 52.9 Å². The number of furan rings is 1. The maximum atomic E-state index is 13.7. The molecule has 1 N–H and O–H groups in total. The Hall–Kier alpha value is -2.86. The number of nitrogens with one attached hydrogen (secondary N) is 1. The van der Waals surface area contributed by atoms with E-state index < -0.39 is 30.3 Å². The number of carbonyl (C=O) groups excluding carboxylic acids is 2. The predicted octanol–water partition coefficient (Wildman–Crippen LogP) is 4.26. The summed E-state index contributed by atoms with van der Waals surface area (Å²) in [6, 6.07) is 12.5. The smallest absolute Gasteiger partial charge is 0.341 e. The van der Waals surface area contributed by atoms with Gasteiger partial charge >= 0.3 is 5.97 Å². The quantitative estimate of drug-likeness (QED) is 0.676. The minimum Gasteiger partial charge on any atom is -0.459 e. The molecule has 2 aromatic carbocycles. The molecule has 1 atom stereocenters. The molecule has 0 fully saturated rings. The third kappa shape index (κ3) is 4.03. The number of hydrogen-bond donors (Lipinski definition) is 1. The Bertz CT molecular complexity index is 936. The average molecular weight is 376 g/mol. The summed E-state index contributed by atoms with van der Waals surface area (Å²) in [7, 11) is 0. The molecule has 0 aliphatic carbocycles. The lowest BCUT2D eigenvalue weighted by atomic mass is 10.2. The van der Waals surface area contributed by atoms with Crippen molar-refractivity contribution in [2.75, 3.05) is 6.61 Å². The number of rotatable bonds is 5. The Balaban J connectivity index is 1.57. The van der Waals surface area contributed by atoms with Crippen molar-refractivity contribution in [1.29, 1.82) is 0 Å². The lowest BCUT2D eigenvalue weighted by Crippen LogP contribution is -2.31. The van der Waals surface area contributed by atoms with Gasteiger partial charge in [-0.15, -0.1) is 0 Å². The van der Waals surface area contributed by atoms with Gasteiger partial charge in [0.15, 0.2) is 6.61 Å². The number of halogens is 2.